The number of carbonyl (C=O) groups is 1. The number of aryl methyl sites for hydroxylation is 1. The van der Waals surface area contributed by atoms with Crippen LogP contribution >= 0.6 is 0 Å². The fourth-order valence-electron chi connectivity index (χ4n) is 3.64. The Morgan fingerprint density at radius 1 is 1.03 bits per heavy atom. The Labute approximate surface area is 195 Å². The summed E-state index contributed by atoms with van der Waals surface area (Å²) in [6, 6.07) is 8.34. The number of nitrogens with two attached hydrogens (primary N) is 1. The molecule has 12 heteroatoms. The van der Waals surface area contributed by atoms with Crippen LogP contribution in [0.5, 0.6) is 0 Å². The van der Waals surface area contributed by atoms with Crippen LogP contribution < -0.4 is 11.1 Å². The molecule has 5 rings (SSSR count). The van der Waals surface area contributed by atoms with Crippen molar-refractivity contribution in [3.63, 3.8) is 0 Å². The number of aromatic amines is 1. The maximum Gasteiger partial charge on any atom is 0.270 e. The third-order valence-corrected chi connectivity index (χ3v) is 5.25. The molecule has 174 valence electrons. The highest BCUT2D eigenvalue weighted by atomic mass is 19.1. The first-order valence-electron chi connectivity index (χ1n) is 10.2. The summed E-state index contributed by atoms with van der Waals surface area (Å²) in [5.41, 5.74) is 6.43. The van der Waals surface area contributed by atoms with Gasteiger partial charge in [-0.3, -0.25) is 9.89 Å². The Kier molecular flexibility index (Phi) is 5.32. The number of rotatable bonds is 5. The molecule has 0 unspecified atom stereocenters. The van der Waals surface area contributed by atoms with Gasteiger partial charge in [-0.05, 0) is 42.8 Å². The van der Waals surface area contributed by atoms with Crippen molar-refractivity contribution in [2.24, 2.45) is 5.73 Å². The molecule has 0 bridgehead atoms. The van der Waals surface area contributed by atoms with E-state index >= 15 is 4.39 Å². The second-order valence-electron chi connectivity index (χ2n) is 7.50. The normalized spacial score (nSPS) is 11.1. The highest BCUT2D eigenvalue weighted by Crippen LogP contribution is 2.35. The van der Waals surface area contributed by atoms with E-state index in [-0.39, 0.29) is 22.9 Å². The summed E-state index contributed by atoms with van der Waals surface area (Å²) in [5.74, 6) is -4.41. The van der Waals surface area contributed by atoms with Crippen LogP contribution in [0, 0.1) is 24.5 Å². The number of halogens is 3. The van der Waals surface area contributed by atoms with E-state index < -0.39 is 35.0 Å². The molecular formula is C23H15F3N8O. The Morgan fingerprint density at radius 2 is 1.86 bits per heavy atom. The molecule has 0 saturated carbocycles. The Morgan fingerprint density at radius 3 is 2.66 bits per heavy atom. The number of hydrogen-bond acceptors (Lipinski definition) is 7. The summed E-state index contributed by atoms with van der Waals surface area (Å²) in [5, 5.41) is 9.97. The highest BCUT2D eigenvalue weighted by Gasteiger charge is 2.24. The summed E-state index contributed by atoms with van der Waals surface area (Å²) < 4.78 is 43.2. The highest BCUT2D eigenvalue weighted by molar-refractivity contribution is 5.98. The van der Waals surface area contributed by atoms with E-state index in [1.54, 1.807) is 19.1 Å². The van der Waals surface area contributed by atoms with Crippen molar-refractivity contribution in [2.75, 3.05) is 5.32 Å². The Hall–Kier alpha value is -4.87. The van der Waals surface area contributed by atoms with Crippen molar-refractivity contribution in [3.05, 3.63) is 77.6 Å². The second kappa shape index (κ2) is 8.48. The number of fused-ring (bicyclic) bond motifs is 1. The molecule has 0 aliphatic heterocycles. The number of H-pyrrole nitrogens is 1. The number of hydrogen-bond donors (Lipinski definition) is 3. The predicted molar refractivity (Wildman–Crippen MR) is 121 cm³/mol. The Balaban J connectivity index is 1.74. The van der Waals surface area contributed by atoms with E-state index in [1.165, 1.54) is 24.5 Å². The molecule has 0 radical (unpaired) electrons. The lowest BCUT2D eigenvalue weighted by Crippen LogP contribution is -2.18. The van der Waals surface area contributed by atoms with Gasteiger partial charge >= 0.3 is 0 Å². The van der Waals surface area contributed by atoms with E-state index in [1.807, 2.05) is 0 Å². The van der Waals surface area contributed by atoms with E-state index in [0.29, 0.717) is 22.0 Å². The first-order chi connectivity index (χ1) is 16.8. The van der Waals surface area contributed by atoms with Crippen LogP contribution in [0.1, 0.15) is 16.1 Å². The standard InChI is InChI=1S/C23H15F3N8O/c1-10-4-6-14-12(9-29-34-14)16(10)18-17(26)19(20(27)35)32-22(31-18)11-3-2-8-28-21(11)33-23-13(24)5-7-15(25)30-23/h2-9H,1H3,(H2,27,35)(H,29,34)(H,28,30,33). The second-order valence-corrected chi connectivity index (χ2v) is 7.50. The van der Waals surface area contributed by atoms with Gasteiger partial charge < -0.3 is 11.1 Å². The lowest BCUT2D eigenvalue weighted by molar-refractivity contribution is 0.0991. The molecule has 0 spiro atoms. The predicted octanol–water partition coefficient (Wildman–Crippen LogP) is 4.05. The number of aromatic nitrogens is 6. The average Bonchev–Trinajstić information content (AvgIpc) is 3.31. The lowest BCUT2D eigenvalue weighted by Gasteiger charge is -2.14. The third kappa shape index (κ3) is 3.90. The van der Waals surface area contributed by atoms with Crippen LogP contribution in [0.4, 0.5) is 24.8 Å². The molecule has 4 aromatic heterocycles. The van der Waals surface area contributed by atoms with Crippen LogP contribution in [0.3, 0.4) is 0 Å². The molecule has 4 N–H and O–H groups in total. The minimum atomic E-state index is -1.11. The van der Waals surface area contributed by atoms with Crippen molar-refractivity contribution >= 4 is 28.4 Å². The summed E-state index contributed by atoms with van der Waals surface area (Å²) in [6.45, 7) is 1.75. The quantitative estimate of drug-likeness (QED) is 0.326. The maximum atomic E-state index is 15.5. The molecular weight excluding hydrogens is 461 g/mol. The molecule has 9 nitrogen and oxygen atoms in total. The number of nitrogens with zero attached hydrogens (tertiary/aromatic N) is 5. The SMILES string of the molecule is Cc1ccc2[nH]ncc2c1-c1nc(-c2cccnc2Nc2nc(F)ccc2F)nc(C(N)=O)c1F. The van der Waals surface area contributed by atoms with Crippen molar-refractivity contribution in [1.29, 1.82) is 0 Å². The number of anilines is 2. The van der Waals surface area contributed by atoms with Crippen molar-refractivity contribution in [1.82, 2.24) is 30.1 Å². The third-order valence-electron chi connectivity index (χ3n) is 5.25. The monoisotopic (exact) mass is 476 g/mol. The molecule has 0 aliphatic rings. The van der Waals surface area contributed by atoms with E-state index in [4.69, 9.17) is 5.73 Å². The van der Waals surface area contributed by atoms with Gasteiger partial charge in [-0.2, -0.15) is 14.5 Å². The Bertz CT molecular complexity index is 1620. The molecule has 35 heavy (non-hydrogen) atoms. The lowest BCUT2D eigenvalue weighted by atomic mass is 10.00. The fourth-order valence-corrected chi connectivity index (χ4v) is 3.64. The van der Waals surface area contributed by atoms with Crippen LogP contribution in [0.2, 0.25) is 0 Å². The largest absolute Gasteiger partial charge is 0.364 e. The number of carbonyl (C=O) groups excluding carboxylic acids is 1. The zero-order valence-electron chi connectivity index (χ0n) is 18.0. The molecule has 1 amide bonds. The molecule has 0 atom stereocenters. The van der Waals surface area contributed by atoms with Crippen molar-refractivity contribution in [3.8, 4) is 22.6 Å². The molecule has 4 heterocycles. The van der Waals surface area contributed by atoms with Crippen LogP contribution in [0.25, 0.3) is 33.5 Å². The summed E-state index contributed by atoms with van der Waals surface area (Å²) in [4.78, 5) is 28.1. The van der Waals surface area contributed by atoms with Gasteiger partial charge in [0, 0.05) is 17.1 Å². The number of amides is 1. The number of nitrogens with one attached hydrogen (secondary N) is 2. The van der Waals surface area contributed by atoms with Gasteiger partial charge in [0.2, 0.25) is 5.95 Å². The smallest absolute Gasteiger partial charge is 0.270 e. The van der Waals surface area contributed by atoms with Gasteiger partial charge in [-0.15, -0.1) is 0 Å². The van der Waals surface area contributed by atoms with E-state index in [2.05, 4.69) is 35.5 Å². The van der Waals surface area contributed by atoms with Gasteiger partial charge in [0.25, 0.3) is 5.91 Å². The topological polar surface area (TPSA) is 135 Å². The molecule has 0 saturated heterocycles. The zero-order chi connectivity index (χ0) is 24.7. The van der Waals surface area contributed by atoms with Crippen LogP contribution in [-0.4, -0.2) is 36.0 Å². The number of benzene rings is 1. The number of pyridine rings is 2. The minimum Gasteiger partial charge on any atom is -0.364 e. The molecule has 0 aliphatic carbocycles. The van der Waals surface area contributed by atoms with Gasteiger partial charge in [0.1, 0.15) is 11.5 Å². The summed E-state index contributed by atoms with van der Waals surface area (Å²) in [6.07, 6.45) is 2.90. The first-order valence-corrected chi connectivity index (χ1v) is 10.2. The van der Waals surface area contributed by atoms with Crippen molar-refractivity contribution < 1.29 is 18.0 Å². The maximum absolute atomic E-state index is 15.5. The number of primary amides is 1. The zero-order valence-corrected chi connectivity index (χ0v) is 18.0. The van der Waals surface area contributed by atoms with Gasteiger partial charge in [0.05, 0.1) is 17.3 Å². The van der Waals surface area contributed by atoms with Crippen LogP contribution in [0.15, 0.2) is 48.8 Å². The summed E-state index contributed by atoms with van der Waals surface area (Å²) in [7, 11) is 0. The molecule has 1 aromatic carbocycles. The van der Waals surface area contributed by atoms with E-state index in [9.17, 15) is 13.6 Å². The van der Waals surface area contributed by atoms with Gasteiger partial charge in [0.15, 0.2) is 29.0 Å². The summed E-state index contributed by atoms with van der Waals surface area (Å²) >= 11 is 0. The van der Waals surface area contributed by atoms with Crippen LogP contribution in [-0.2, 0) is 0 Å². The van der Waals surface area contributed by atoms with Gasteiger partial charge in [-0.25, -0.2) is 23.7 Å². The minimum absolute atomic E-state index is 0.00396. The molecule has 5 aromatic rings. The van der Waals surface area contributed by atoms with Gasteiger partial charge in [-0.1, -0.05) is 6.07 Å². The van der Waals surface area contributed by atoms with E-state index in [0.717, 1.165) is 12.1 Å². The average molecular weight is 476 g/mol. The van der Waals surface area contributed by atoms with Crippen molar-refractivity contribution in [2.45, 2.75) is 6.92 Å². The first kappa shape index (κ1) is 21.9. The fraction of sp³-hybridized carbons (Fsp3) is 0.0435. The molecule has 0 fully saturated rings.